The van der Waals surface area contributed by atoms with Crippen LogP contribution in [0.15, 0.2) is 31.0 Å². The summed E-state index contributed by atoms with van der Waals surface area (Å²) in [5.41, 5.74) is 0. The highest BCUT2D eigenvalue weighted by molar-refractivity contribution is 5.32. The molecule has 0 amide bonds. The molecule has 1 aliphatic rings. The molecule has 0 aromatic carbocycles. The molecule has 2 aromatic heterocycles. The Balaban J connectivity index is 1.66. The first-order chi connectivity index (χ1) is 9.36. The van der Waals surface area contributed by atoms with Crippen LogP contribution in [-0.2, 0) is 0 Å². The van der Waals surface area contributed by atoms with Gasteiger partial charge in [-0.25, -0.2) is 9.97 Å². The summed E-state index contributed by atoms with van der Waals surface area (Å²) in [5.74, 6) is 1.37. The Morgan fingerprint density at radius 1 is 1.26 bits per heavy atom. The maximum absolute atomic E-state index is 5.14. The van der Waals surface area contributed by atoms with E-state index in [-0.39, 0.29) is 0 Å². The molecule has 1 fully saturated rings. The number of rotatable bonds is 3. The Morgan fingerprint density at radius 2 is 2.11 bits per heavy atom. The average Bonchev–Trinajstić information content (AvgIpc) is 3.02. The van der Waals surface area contributed by atoms with Crippen molar-refractivity contribution in [1.82, 2.24) is 19.5 Å². The molecule has 0 bridgehead atoms. The molecule has 1 saturated heterocycles. The van der Waals surface area contributed by atoms with E-state index in [4.69, 9.17) is 4.74 Å². The van der Waals surface area contributed by atoms with Crippen molar-refractivity contribution in [3.8, 4) is 5.88 Å². The highest BCUT2D eigenvalue weighted by Crippen LogP contribution is 2.24. The number of anilines is 1. The number of methoxy groups -OCH3 is 1. The molecule has 0 atom stereocenters. The summed E-state index contributed by atoms with van der Waals surface area (Å²) in [6.45, 7) is 1.91. The van der Waals surface area contributed by atoms with Crippen molar-refractivity contribution >= 4 is 5.95 Å². The zero-order valence-corrected chi connectivity index (χ0v) is 10.9. The minimum absolute atomic E-state index is 0.532. The summed E-state index contributed by atoms with van der Waals surface area (Å²) >= 11 is 0. The van der Waals surface area contributed by atoms with E-state index >= 15 is 0 Å². The zero-order valence-electron chi connectivity index (χ0n) is 10.9. The molecule has 0 saturated carbocycles. The molecule has 100 valence electrons. The van der Waals surface area contributed by atoms with Crippen LogP contribution in [0.2, 0.25) is 0 Å². The third kappa shape index (κ3) is 2.52. The maximum atomic E-state index is 5.14. The summed E-state index contributed by atoms with van der Waals surface area (Å²) < 4.78 is 7.32. The SMILES string of the molecule is COc1ccnc(N2CCC(n3ccnc3)CC2)n1. The van der Waals surface area contributed by atoms with Gasteiger partial charge in [-0.15, -0.1) is 0 Å². The Labute approximate surface area is 112 Å². The second kappa shape index (κ2) is 5.26. The van der Waals surface area contributed by atoms with Gasteiger partial charge in [-0.3, -0.25) is 0 Å². The van der Waals surface area contributed by atoms with Gasteiger partial charge in [0.25, 0.3) is 0 Å². The number of hydrogen-bond donors (Lipinski definition) is 0. The molecular weight excluding hydrogens is 242 g/mol. The second-order valence-electron chi connectivity index (χ2n) is 4.63. The van der Waals surface area contributed by atoms with Crippen molar-refractivity contribution < 1.29 is 4.74 Å². The molecule has 0 N–H and O–H groups in total. The van der Waals surface area contributed by atoms with Crippen LogP contribution < -0.4 is 9.64 Å². The smallest absolute Gasteiger partial charge is 0.228 e. The van der Waals surface area contributed by atoms with Gasteiger partial charge in [-0.05, 0) is 12.8 Å². The lowest BCUT2D eigenvalue weighted by Gasteiger charge is -2.32. The summed E-state index contributed by atoms with van der Waals surface area (Å²) in [5, 5.41) is 0. The van der Waals surface area contributed by atoms with Crippen LogP contribution >= 0.6 is 0 Å². The van der Waals surface area contributed by atoms with Gasteiger partial charge in [-0.2, -0.15) is 4.98 Å². The van der Waals surface area contributed by atoms with Gasteiger partial charge in [0.1, 0.15) is 0 Å². The Bertz CT molecular complexity index is 520. The number of nitrogens with zero attached hydrogens (tertiary/aromatic N) is 5. The van der Waals surface area contributed by atoms with Gasteiger partial charge < -0.3 is 14.2 Å². The first-order valence-corrected chi connectivity index (χ1v) is 6.46. The van der Waals surface area contributed by atoms with Crippen molar-refractivity contribution in [3.63, 3.8) is 0 Å². The lowest BCUT2D eigenvalue weighted by Crippen LogP contribution is -2.35. The topological polar surface area (TPSA) is 56.1 Å². The van der Waals surface area contributed by atoms with Crippen LogP contribution in [0.1, 0.15) is 18.9 Å². The van der Waals surface area contributed by atoms with Gasteiger partial charge in [0, 0.05) is 43.8 Å². The van der Waals surface area contributed by atoms with E-state index in [0.29, 0.717) is 11.9 Å². The van der Waals surface area contributed by atoms with Gasteiger partial charge >= 0.3 is 0 Å². The Kier molecular flexibility index (Phi) is 3.31. The first-order valence-electron chi connectivity index (χ1n) is 6.46. The predicted octanol–water partition coefficient (Wildman–Crippen LogP) is 1.52. The highest BCUT2D eigenvalue weighted by atomic mass is 16.5. The van der Waals surface area contributed by atoms with Crippen LogP contribution in [0.5, 0.6) is 5.88 Å². The van der Waals surface area contributed by atoms with Crippen LogP contribution in [0.3, 0.4) is 0 Å². The molecular formula is C13H17N5O. The molecule has 19 heavy (non-hydrogen) atoms. The first kappa shape index (κ1) is 12.0. The fourth-order valence-electron chi connectivity index (χ4n) is 2.45. The Morgan fingerprint density at radius 3 is 2.79 bits per heavy atom. The minimum atomic E-state index is 0.532. The monoisotopic (exact) mass is 259 g/mol. The van der Waals surface area contributed by atoms with Gasteiger partial charge in [0.2, 0.25) is 11.8 Å². The number of hydrogen-bond acceptors (Lipinski definition) is 5. The molecule has 1 aliphatic heterocycles. The zero-order chi connectivity index (χ0) is 13.1. The van der Waals surface area contributed by atoms with Crippen LogP contribution in [-0.4, -0.2) is 39.7 Å². The van der Waals surface area contributed by atoms with Gasteiger partial charge in [-0.1, -0.05) is 0 Å². The van der Waals surface area contributed by atoms with Crippen LogP contribution in [0.4, 0.5) is 5.95 Å². The summed E-state index contributed by atoms with van der Waals surface area (Å²) in [4.78, 5) is 15.0. The molecule has 0 unspecified atom stereocenters. The summed E-state index contributed by atoms with van der Waals surface area (Å²) in [7, 11) is 1.62. The predicted molar refractivity (Wildman–Crippen MR) is 71.3 cm³/mol. The van der Waals surface area contributed by atoms with Crippen LogP contribution in [0.25, 0.3) is 0 Å². The van der Waals surface area contributed by atoms with Crippen LogP contribution in [0, 0.1) is 0 Å². The number of aromatic nitrogens is 4. The van der Waals surface area contributed by atoms with Crippen molar-refractivity contribution in [1.29, 1.82) is 0 Å². The molecule has 2 aromatic rings. The summed E-state index contributed by atoms with van der Waals surface area (Å²) in [6, 6.07) is 2.30. The number of piperidine rings is 1. The van der Waals surface area contributed by atoms with Crippen molar-refractivity contribution in [2.75, 3.05) is 25.1 Å². The van der Waals surface area contributed by atoms with E-state index in [9.17, 15) is 0 Å². The fourth-order valence-corrected chi connectivity index (χ4v) is 2.45. The molecule has 0 radical (unpaired) electrons. The second-order valence-corrected chi connectivity index (χ2v) is 4.63. The fraction of sp³-hybridized carbons (Fsp3) is 0.462. The third-order valence-corrected chi connectivity index (χ3v) is 3.52. The van der Waals surface area contributed by atoms with E-state index in [0.717, 1.165) is 31.9 Å². The Hall–Kier alpha value is -2.11. The maximum Gasteiger partial charge on any atom is 0.228 e. The number of imidazole rings is 1. The average molecular weight is 259 g/mol. The van der Waals surface area contributed by atoms with E-state index in [1.807, 2.05) is 18.7 Å². The largest absolute Gasteiger partial charge is 0.481 e. The minimum Gasteiger partial charge on any atom is -0.481 e. The molecule has 0 aliphatic carbocycles. The lowest BCUT2D eigenvalue weighted by molar-refractivity contribution is 0.384. The van der Waals surface area contributed by atoms with E-state index in [1.165, 1.54) is 0 Å². The number of ether oxygens (including phenoxy) is 1. The molecule has 3 heterocycles. The molecule has 6 nitrogen and oxygen atoms in total. The van der Waals surface area contributed by atoms with E-state index < -0.39 is 0 Å². The standard InChI is InChI=1S/C13H17N5O/c1-19-12-2-5-15-13(16-12)17-7-3-11(4-8-17)18-9-6-14-10-18/h2,5-6,9-11H,3-4,7-8H2,1H3. The molecule has 6 heteroatoms. The molecule has 3 rings (SSSR count). The normalized spacial score (nSPS) is 16.6. The van der Waals surface area contributed by atoms with Crippen molar-refractivity contribution in [3.05, 3.63) is 31.0 Å². The quantitative estimate of drug-likeness (QED) is 0.836. The third-order valence-electron chi connectivity index (χ3n) is 3.52. The van der Waals surface area contributed by atoms with Crippen molar-refractivity contribution in [2.45, 2.75) is 18.9 Å². The summed E-state index contributed by atoms with van der Waals surface area (Å²) in [6.07, 6.45) is 9.65. The van der Waals surface area contributed by atoms with E-state index in [1.54, 1.807) is 19.4 Å². The van der Waals surface area contributed by atoms with E-state index in [2.05, 4.69) is 24.4 Å². The highest BCUT2D eigenvalue weighted by Gasteiger charge is 2.21. The lowest BCUT2D eigenvalue weighted by atomic mass is 10.1. The van der Waals surface area contributed by atoms with Crippen molar-refractivity contribution in [2.24, 2.45) is 0 Å². The van der Waals surface area contributed by atoms with Gasteiger partial charge in [0.05, 0.1) is 13.4 Å². The van der Waals surface area contributed by atoms with Gasteiger partial charge in [0.15, 0.2) is 0 Å². The molecule has 0 spiro atoms.